The smallest absolute Gasteiger partial charge is 0.136 e. The molecule has 1 rings (SSSR count). The predicted molar refractivity (Wildman–Crippen MR) is 41.2 cm³/mol. The Balaban J connectivity index is 2.44. The monoisotopic (exact) mass is 155 g/mol. The molecule has 11 heavy (non-hydrogen) atoms. The van der Waals surface area contributed by atoms with E-state index in [1.165, 1.54) is 0 Å². The molecule has 1 aromatic rings. The first-order valence-corrected chi connectivity index (χ1v) is 3.89. The van der Waals surface area contributed by atoms with Crippen LogP contribution in [0.3, 0.4) is 0 Å². The van der Waals surface area contributed by atoms with Crippen LogP contribution in [0.2, 0.25) is 0 Å². The van der Waals surface area contributed by atoms with E-state index >= 15 is 0 Å². The Kier molecular flexibility index (Phi) is 3.11. The lowest BCUT2D eigenvalue weighted by atomic mass is 10.3. The molecule has 0 fully saturated rings. The molecule has 0 radical (unpaired) electrons. The van der Waals surface area contributed by atoms with E-state index in [4.69, 9.17) is 9.26 Å². The van der Waals surface area contributed by atoms with Gasteiger partial charge in [-0.15, -0.1) is 0 Å². The molecule has 3 heteroatoms. The van der Waals surface area contributed by atoms with E-state index in [2.05, 4.69) is 5.16 Å². The van der Waals surface area contributed by atoms with Crippen LogP contribution in [0.4, 0.5) is 0 Å². The molecule has 1 heterocycles. The molecule has 0 aliphatic heterocycles. The molecule has 1 aromatic heterocycles. The van der Waals surface area contributed by atoms with Crippen molar-refractivity contribution >= 4 is 0 Å². The summed E-state index contributed by atoms with van der Waals surface area (Å²) < 4.78 is 10.1. The highest BCUT2D eigenvalue weighted by Crippen LogP contribution is 2.04. The van der Waals surface area contributed by atoms with Gasteiger partial charge in [-0.05, 0) is 6.92 Å². The number of rotatable bonds is 4. The fourth-order valence-corrected chi connectivity index (χ4v) is 0.797. The van der Waals surface area contributed by atoms with Gasteiger partial charge in [-0.1, -0.05) is 12.1 Å². The minimum Gasteiger partial charge on any atom is -0.375 e. The van der Waals surface area contributed by atoms with E-state index < -0.39 is 0 Å². The van der Waals surface area contributed by atoms with Crippen molar-refractivity contribution in [2.45, 2.75) is 26.9 Å². The molecule has 3 nitrogen and oxygen atoms in total. The molecule has 0 aliphatic rings. The lowest BCUT2D eigenvalue weighted by Gasteiger charge is -1.92. The molecule has 0 aromatic carbocycles. The topological polar surface area (TPSA) is 35.3 Å². The summed E-state index contributed by atoms with van der Waals surface area (Å²) in [6.45, 7) is 5.26. The first-order valence-electron chi connectivity index (χ1n) is 3.89. The normalized spacial score (nSPS) is 10.4. The molecule has 0 N–H and O–H groups in total. The van der Waals surface area contributed by atoms with Gasteiger partial charge in [0.2, 0.25) is 0 Å². The number of nitrogens with zero attached hydrogens (tertiary/aromatic N) is 1. The van der Waals surface area contributed by atoms with E-state index in [1.807, 2.05) is 19.9 Å². The lowest BCUT2D eigenvalue weighted by Crippen LogP contribution is -1.90. The number of ether oxygens (including phenoxy) is 1. The Morgan fingerprint density at radius 1 is 1.55 bits per heavy atom. The minimum absolute atomic E-state index is 0.556. The minimum atomic E-state index is 0.556. The summed E-state index contributed by atoms with van der Waals surface area (Å²) in [7, 11) is 0. The summed E-state index contributed by atoms with van der Waals surface area (Å²) in [5.41, 5.74) is 0.878. The first kappa shape index (κ1) is 8.27. The molecule has 0 aliphatic carbocycles. The molecule has 0 saturated heterocycles. The quantitative estimate of drug-likeness (QED) is 0.664. The summed E-state index contributed by atoms with van der Waals surface area (Å²) in [4.78, 5) is 0. The van der Waals surface area contributed by atoms with Crippen LogP contribution in [0.1, 0.15) is 25.3 Å². The molecule has 0 unspecified atom stereocenters. The zero-order valence-corrected chi connectivity index (χ0v) is 6.96. The Hall–Kier alpha value is -0.830. The van der Waals surface area contributed by atoms with Crippen molar-refractivity contribution in [2.75, 3.05) is 6.61 Å². The van der Waals surface area contributed by atoms with Gasteiger partial charge in [0.05, 0.1) is 6.61 Å². The third-order valence-electron chi connectivity index (χ3n) is 1.41. The van der Waals surface area contributed by atoms with Gasteiger partial charge in [-0.2, -0.15) is 0 Å². The standard InChI is InChI=1S/C8H13NO2/c1-3-8-5-7(9-11-8)6-10-4-2/h5H,3-4,6H2,1-2H3. The lowest BCUT2D eigenvalue weighted by molar-refractivity contribution is 0.128. The highest BCUT2D eigenvalue weighted by molar-refractivity contribution is 5.03. The van der Waals surface area contributed by atoms with Gasteiger partial charge in [0.25, 0.3) is 0 Å². The molecule has 0 bridgehead atoms. The highest BCUT2D eigenvalue weighted by Gasteiger charge is 2.00. The second kappa shape index (κ2) is 4.13. The molecule has 0 saturated carbocycles. The average Bonchev–Trinajstić information content (AvgIpc) is 2.48. The van der Waals surface area contributed by atoms with Gasteiger partial charge < -0.3 is 9.26 Å². The maximum Gasteiger partial charge on any atom is 0.136 e. The van der Waals surface area contributed by atoms with Crippen LogP contribution >= 0.6 is 0 Å². The fourth-order valence-electron chi connectivity index (χ4n) is 0.797. The van der Waals surface area contributed by atoms with E-state index in [9.17, 15) is 0 Å². The second-order valence-electron chi connectivity index (χ2n) is 2.28. The highest BCUT2D eigenvalue weighted by atomic mass is 16.5. The largest absolute Gasteiger partial charge is 0.375 e. The van der Waals surface area contributed by atoms with E-state index in [-0.39, 0.29) is 0 Å². The zero-order valence-electron chi connectivity index (χ0n) is 6.96. The second-order valence-corrected chi connectivity index (χ2v) is 2.28. The van der Waals surface area contributed by atoms with Gasteiger partial charge in [-0.3, -0.25) is 0 Å². The van der Waals surface area contributed by atoms with Crippen LogP contribution in [-0.4, -0.2) is 11.8 Å². The summed E-state index contributed by atoms with van der Waals surface area (Å²) in [6.07, 6.45) is 0.888. The summed E-state index contributed by atoms with van der Waals surface area (Å²) in [5.74, 6) is 0.916. The number of hydrogen-bond acceptors (Lipinski definition) is 3. The molecule has 0 atom stereocenters. The summed E-state index contributed by atoms with van der Waals surface area (Å²) >= 11 is 0. The Morgan fingerprint density at radius 3 is 2.91 bits per heavy atom. The van der Waals surface area contributed by atoms with Crippen molar-refractivity contribution in [2.24, 2.45) is 0 Å². The number of aromatic nitrogens is 1. The molecular formula is C8H13NO2. The SMILES string of the molecule is CCOCc1cc(CC)on1. The van der Waals surface area contributed by atoms with E-state index in [1.54, 1.807) is 0 Å². The number of aryl methyl sites for hydroxylation is 1. The van der Waals surface area contributed by atoms with Gasteiger partial charge >= 0.3 is 0 Å². The molecule has 0 amide bonds. The van der Waals surface area contributed by atoms with Crippen molar-refractivity contribution in [3.8, 4) is 0 Å². The molecule has 0 spiro atoms. The van der Waals surface area contributed by atoms with Crippen molar-refractivity contribution in [1.82, 2.24) is 5.16 Å². The third-order valence-corrected chi connectivity index (χ3v) is 1.41. The molecule has 62 valence electrons. The van der Waals surface area contributed by atoms with E-state index in [0.717, 1.165) is 17.9 Å². The predicted octanol–water partition coefficient (Wildman–Crippen LogP) is 1.77. The molecular weight excluding hydrogens is 142 g/mol. The van der Waals surface area contributed by atoms with Gasteiger partial charge in [0.1, 0.15) is 11.5 Å². The van der Waals surface area contributed by atoms with Gasteiger partial charge in [0, 0.05) is 19.1 Å². The van der Waals surface area contributed by atoms with Crippen molar-refractivity contribution < 1.29 is 9.26 Å². The van der Waals surface area contributed by atoms with Crippen molar-refractivity contribution in [1.29, 1.82) is 0 Å². The Labute approximate surface area is 66.3 Å². The summed E-state index contributed by atoms with van der Waals surface area (Å²) in [5, 5.41) is 3.82. The van der Waals surface area contributed by atoms with Crippen LogP contribution in [0.15, 0.2) is 10.6 Å². The first-order chi connectivity index (χ1) is 5.36. The van der Waals surface area contributed by atoms with E-state index in [0.29, 0.717) is 13.2 Å². The Morgan fingerprint density at radius 2 is 2.36 bits per heavy atom. The van der Waals surface area contributed by atoms with Crippen LogP contribution in [-0.2, 0) is 17.8 Å². The van der Waals surface area contributed by atoms with Crippen LogP contribution < -0.4 is 0 Å². The van der Waals surface area contributed by atoms with Crippen LogP contribution in [0, 0.1) is 0 Å². The average molecular weight is 155 g/mol. The summed E-state index contributed by atoms with van der Waals surface area (Å²) in [6, 6.07) is 1.93. The van der Waals surface area contributed by atoms with Crippen molar-refractivity contribution in [3.05, 3.63) is 17.5 Å². The van der Waals surface area contributed by atoms with Crippen LogP contribution in [0.5, 0.6) is 0 Å². The Bertz CT molecular complexity index is 208. The maximum atomic E-state index is 5.15. The third kappa shape index (κ3) is 2.35. The zero-order chi connectivity index (χ0) is 8.10. The van der Waals surface area contributed by atoms with Crippen LogP contribution in [0.25, 0.3) is 0 Å². The van der Waals surface area contributed by atoms with Gasteiger partial charge in [0.15, 0.2) is 0 Å². The van der Waals surface area contributed by atoms with Gasteiger partial charge in [-0.25, -0.2) is 0 Å². The van der Waals surface area contributed by atoms with Crippen molar-refractivity contribution in [3.63, 3.8) is 0 Å². The number of hydrogen-bond donors (Lipinski definition) is 0. The fraction of sp³-hybridized carbons (Fsp3) is 0.625. The maximum absolute atomic E-state index is 5.15.